The van der Waals surface area contributed by atoms with Gasteiger partial charge in [-0.2, -0.15) is 0 Å². The Morgan fingerprint density at radius 2 is 2.29 bits per heavy atom. The van der Waals surface area contributed by atoms with Crippen LogP contribution in [0.25, 0.3) is 11.0 Å². The molecule has 1 aliphatic heterocycles. The average molecular weight is 330 g/mol. The van der Waals surface area contributed by atoms with Gasteiger partial charge in [0.2, 0.25) is 5.91 Å². The zero-order valence-corrected chi connectivity index (χ0v) is 14.7. The van der Waals surface area contributed by atoms with Gasteiger partial charge >= 0.3 is 0 Å². The fourth-order valence-corrected chi connectivity index (χ4v) is 3.47. The van der Waals surface area contributed by atoms with Crippen LogP contribution in [0.5, 0.6) is 5.75 Å². The number of hydrogen-bond acceptors (Lipinski definition) is 4. The van der Waals surface area contributed by atoms with Crippen molar-refractivity contribution in [3.05, 3.63) is 30.0 Å². The summed E-state index contributed by atoms with van der Waals surface area (Å²) in [7, 11) is 1.66. The number of furan rings is 1. The number of piperidine rings is 1. The highest BCUT2D eigenvalue weighted by atomic mass is 16.5. The van der Waals surface area contributed by atoms with E-state index in [0.29, 0.717) is 24.9 Å². The van der Waals surface area contributed by atoms with Crippen molar-refractivity contribution in [1.82, 2.24) is 10.2 Å². The Labute approximate surface area is 143 Å². The summed E-state index contributed by atoms with van der Waals surface area (Å²) in [5, 5.41) is 4.65. The lowest BCUT2D eigenvalue weighted by molar-refractivity contribution is -0.132. The van der Waals surface area contributed by atoms with Crippen molar-refractivity contribution in [2.75, 3.05) is 20.2 Å². The monoisotopic (exact) mass is 330 g/mol. The normalized spacial score (nSPS) is 21.2. The Morgan fingerprint density at radius 1 is 1.46 bits per heavy atom. The summed E-state index contributed by atoms with van der Waals surface area (Å²) in [6.07, 6.45) is 1.57. The second kappa shape index (κ2) is 7.26. The first-order valence-electron chi connectivity index (χ1n) is 8.69. The van der Waals surface area contributed by atoms with Crippen LogP contribution in [0.15, 0.2) is 28.7 Å². The van der Waals surface area contributed by atoms with Gasteiger partial charge < -0.3 is 19.4 Å². The quantitative estimate of drug-likeness (QED) is 0.915. The third-order valence-corrected chi connectivity index (χ3v) is 4.88. The number of para-hydroxylation sites is 1. The summed E-state index contributed by atoms with van der Waals surface area (Å²) in [6, 6.07) is 8.37. The molecule has 1 aliphatic rings. The van der Waals surface area contributed by atoms with E-state index in [1.165, 1.54) is 0 Å². The molecule has 0 unspecified atom stereocenters. The van der Waals surface area contributed by atoms with E-state index in [4.69, 9.17) is 9.15 Å². The summed E-state index contributed by atoms with van der Waals surface area (Å²) in [5.74, 6) is 2.37. The Hall–Kier alpha value is -2.01. The van der Waals surface area contributed by atoms with E-state index in [1.54, 1.807) is 7.11 Å². The van der Waals surface area contributed by atoms with E-state index in [2.05, 4.69) is 18.3 Å². The second-order valence-electron chi connectivity index (χ2n) is 6.54. The van der Waals surface area contributed by atoms with Crippen molar-refractivity contribution in [2.45, 2.75) is 39.3 Å². The van der Waals surface area contributed by atoms with Gasteiger partial charge in [-0.3, -0.25) is 4.79 Å². The Kier molecular flexibility index (Phi) is 5.09. The summed E-state index contributed by atoms with van der Waals surface area (Å²) in [4.78, 5) is 13.8. The molecule has 24 heavy (non-hydrogen) atoms. The number of methoxy groups -OCH3 is 1. The van der Waals surface area contributed by atoms with Gasteiger partial charge in [0, 0.05) is 30.9 Å². The first-order chi connectivity index (χ1) is 11.6. The molecule has 5 heteroatoms. The molecule has 0 aliphatic carbocycles. The molecule has 0 radical (unpaired) electrons. The van der Waals surface area contributed by atoms with E-state index in [9.17, 15) is 4.79 Å². The van der Waals surface area contributed by atoms with Crippen LogP contribution < -0.4 is 10.1 Å². The number of nitrogens with one attached hydrogen (secondary N) is 1. The van der Waals surface area contributed by atoms with Crippen molar-refractivity contribution in [2.24, 2.45) is 5.92 Å². The highest BCUT2D eigenvalue weighted by molar-refractivity contribution is 5.83. The van der Waals surface area contributed by atoms with Crippen LogP contribution in [0, 0.1) is 5.92 Å². The van der Waals surface area contributed by atoms with Crippen LogP contribution >= 0.6 is 0 Å². The van der Waals surface area contributed by atoms with Crippen LogP contribution in [0.3, 0.4) is 0 Å². The number of amides is 1. The number of carbonyl (C=O) groups is 1. The lowest BCUT2D eigenvalue weighted by Crippen LogP contribution is -2.49. The Bertz CT molecular complexity index is 710. The lowest BCUT2D eigenvalue weighted by atomic mass is 9.93. The van der Waals surface area contributed by atoms with Gasteiger partial charge in [0.1, 0.15) is 5.76 Å². The number of carbonyl (C=O) groups excluding carboxylic acids is 1. The van der Waals surface area contributed by atoms with E-state index in [1.807, 2.05) is 30.0 Å². The average Bonchev–Trinajstić information content (AvgIpc) is 3.02. The van der Waals surface area contributed by atoms with Crippen molar-refractivity contribution >= 4 is 16.9 Å². The van der Waals surface area contributed by atoms with E-state index in [0.717, 1.165) is 42.0 Å². The number of nitrogens with zero attached hydrogens (tertiary/aromatic N) is 1. The van der Waals surface area contributed by atoms with Crippen molar-refractivity contribution in [3.63, 3.8) is 0 Å². The molecule has 5 nitrogen and oxygen atoms in total. The van der Waals surface area contributed by atoms with Gasteiger partial charge in [0.15, 0.2) is 11.3 Å². The fourth-order valence-electron chi connectivity index (χ4n) is 3.47. The lowest BCUT2D eigenvalue weighted by Gasteiger charge is -2.37. The molecule has 2 heterocycles. The zero-order valence-electron chi connectivity index (χ0n) is 14.7. The molecular formula is C19H26N2O3. The van der Waals surface area contributed by atoms with Gasteiger partial charge in [-0.1, -0.05) is 26.0 Å². The van der Waals surface area contributed by atoms with Crippen LogP contribution in [-0.4, -0.2) is 37.0 Å². The Morgan fingerprint density at radius 3 is 3.00 bits per heavy atom. The van der Waals surface area contributed by atoms with Crippen LogP contribution in [0.2, 0.25) is 0 Å². The molecule has 3 rings (SSSR count). The molecule has 0 spiro atoms. The summed E-state index contributed by atoms with van der Waals surface area (Å²) < 4.78 is 11.3. The van der Waals surface area contributed by atoms with Crippen molar-refractivity contribution < 1.29 is 13.9 Å². The van der Waals surface area contributed by atoms with Gasteiger partial charge in [-0.15, -0.1) is 0 Å². The summed E-state index contributed by atoms with van der Waals surface area (Å²) in [6.45, 7) is 6.48. The molecule has 2 aromatic rings. The number of hydrogen-bond donors (Lipinski definition) is 1. The molecule has 1 N–H and O–H groups in total. The van der Waals surface area contributed by atoms with Gasteiger partial charge in [-0.05, 0) is 24.5 Å². The molecule has 1 saturated heterocycles. The second-order valence-corrected chi connectivity index (χ2v) is 6.54. The predicted molar refractivity (Wildman–Crippen MR) is 94.0 cm³/mol. The van der Waals surface area contributed by atoms with Gasteiger partial charge in [0.05, 0.1) is 13.7 Å². The number of fused-ring (bicyclic) bond motifs is 1. The van der Waals surface area contributed by atoms with E-state index in [-0.39, 0.29) is 5.91 Å². The maximum Gasteiger partial charge on any atom is 0.222 e. The highest BCUT2D eigenvalue weighted by Gasteiger charge is 2.27. The fraction of sp³-hybridized carbons (Fsp3) is 0.526. The zero-order chi connectivity index (χ0) is 17.1. The molecule has 1 fully saturated rings. The van der Waals surface area contributed by atoms with E-state index >= 15 is 0 Å². The van der Waals surface area contributed by atoms with Crippen molar-refractivity contribution in [1.29, 1.82) is 0 Å². The number of rotatable bonds is 5. The Balaban J connectivity index is 1.61. The maximum atomic E-state index is 11.8. The number of benzene rings is 1. The van der Waals surface area contributed by atoms with Gasteiger partial charge in [0.25, 0.3) is 0 Å². The standard InChI is InChI=1S/C19H26N2O3/c1-4-18(22)21-9-8-16(13(2)12-21)20-11-15-10-14-6-5-7-17(23-3)19(14)24-15/h5-7,10,13,16,20H,4,8-9,11-12H2,1-3H3/t13-,16+/m1/s1. The first kappa shape index (κ1) is 16.8. The molecule has 0 bridgehead atoms. The van der Waals surface area contributed by atoms with Crippen LogP contribution in [0.1, 0.15) is 32.4 Å². The minimum atomic E-state index is 0.254. The number of likely N-dealkylation sites (tertiary alicyclic amines) is 1. The largest absolute Gasteiger partial charge is 0.493 e. The third kappa shape index (κ3) is 3.41. The maximum absolute atomic E-state index is 11.8. The minimum absolute atomic E-state index is 0.254. The molecule has 130 valence electrons. The first-order valence-corrected chi connectivity index (χ1v) is 8.69. The van der Waals surface area contributed by atoms with Crippen molar-refractivity contribution in [3.8, 4) is 5.75 Å². The van der Waals surface area contributed by atoms with Gasteiger partial charge in [-0.25, -0.2) is 0 Å². The molecule has 1 amide bonds. The third-order valence-electron chi connectivity index (χ3n) is 4.88. The molecule has 0 saturated carbocycles. The molecule has 1 aromatic carbocycles. The van der Waals surface area contributed by atoms with Crippen LogP contribution in [0.4, 0.5) is 0 Å². The van der Waals surface area contributed by atoms with E-state index < -0.39 is 0 Å². The molecular weight excluding hydrogens is 304 g/mol. The topological polar surface area (TPSA) is 54.7 Å². The van der Waals surface area contributed by atoms with Crippen LogP contribution in [-0.2, 0) is 11.3 Å². The minimum Gasteiger partial charge on any atom is -0.493 e. The smallest absolute Gasteiger partial charge is 0.222 e. The summed E-state index contributed by atoms with van der Waals surface area (Å²) >= 11 is 0. The molecule has 2 atom stereocenters. The highest BCUT2D eigenvalue weighted by Crippen LogP contribution is 2.28. The molecule has 1 aromatic heterocycles. The predicted octanol–water partition coefficient (Wildman–Crippen LogP) is 3.18. The SMILES string of the molecule is CCC(=O)N1CC[C@H](NCc2cc3cccc(OC)c3o2)[C@H](C)C1. The summed E-state index contributed by atoms with van der Waals surface area (Å²) in [5.41, 5.74) is 0.799. The number of ether oxygens (including phenoxy) is 1.